The summed E-state index contributed by atoms with van der Waals surface area (Å²) in [5, 5.41) is 1.54. The Morgan fingerprint density at radius 3 is 1.50 bits per heavy atom. The third kappa shape index (κ3) is 5.98. The van der Waals surface area contributed by atoms with E-state index < -0.39 is 21.3 Å². The molecule has 4 aliphatic carbocycles. The number of fused-ring (bicyclic) bond motifs is 5. The van der Waals surface area contributed by atoms with Crippen molar-refractivity contribution in [2.24, 2.45) is 5.92 Å². The Morgan fingerprint density at radius 1 is 0.640 bits per heavy atom. The maximum atomic E-state index is 6.81. The molecular weight excluding hydrogens is 774 g/mol. The van der Waals surface area contributed by atoms with E-state index in [1.165, 1.54) is 75.6 Å². The van der Waals surface area contributed by atoms with E-state index in [1.54, 1.807) is 3.28 Å². The largest absolute Gasteiger partial charge is 1.00 e. The van der Waals surface area contributed by atoms with Crippen molar-refractivity contribution in [3.8, 4) is 11.1 Å². The van der Waals surface area contributed by atoms with Gasteiger partial charge in [0.05, 0.1) is 0 Å². The van der Waals surface area contributed by atoms with Crippen molar-refractivity contribution in [3.63, 3.8) is 0 Å². The van der Waals surface area contributed by atoms with Gasteiger partial charge in [0.2, 0.25) is 0 Å². The Kier molecular flexibility index (Phi) is 9.98. The van der Waals surface area contributed by atoms with Gasteiger partial charge in [0, 0.05) is 0 Å². The monoisotopic (exact) mass is 812 g/mol. The van der Waals surface area contributed by atoms with Gasteiger partial charge in [0.15, 0.2) is 0 Å². The van der Waals surface area contributed by atoms with Gasteiger partial charge in [-0.25, -0.2) is 0 Å². The number of benzene rings is 4. The molecule has 1 atom stereocenters. The van der Waals surface area contributed by atoms with Gasteiger partial charge in [-0.05, 0) is 0 Å². The quantitative estimate of drug-likeness (QED) is 0.212. The molecular formula is C45H42Cl4Zr. The van der Waals surface area contributed by atoms with E-state index in [9.17, 15) is 0 Å². The molecule has 0 radical (unpaired) electrons. The van der Waals surface area contributed by atoms with Crippen molar-refractivity contribution in [2.45, 2.75) is 69.8 Å². The van der Waals surface area contributed by atoms with E-state index in [-0.39, 0.29) is 35.6 Å². The number of rotatable bonds is 4. The summed E-state index contributed by atoms with van der Waals surface area (Å²) >= 11 is 10.6. The van der Waals surface area contributed by atoms with Gasteiger partial charge in [0.25, 0.3) is 0 Å². The molecule has 0 spiro atoms. The third-order valence-electron chi connectivity index (χ3n) is 11.2. The van der Waals surface area contributed by atoms with Crippen LogP contribution in [-0.2, 0) is 32.1 Å². The van der Waals surface area contributed by atoms with E-state index >= 15 is 0 Å². The van der Waals surface area contributed by atoms with Gasteiger partial charge in [-0.1, -0.05) is 0 Å². The van der Waals surface area contributed by atoms with Crippen molar-refractivity contribution < 1.29 is 46.1 Å². The smallest absolute Gasteiger partial charge is 1.00 e. The summed E-state index contributed by atoms with van der Waals surface area (Å²) in [5.41, 5.74) is 18.2. The van der Waals surface area contributed by atoms with E-state index in [1.807, 2.05) is 12.1 Å². The molecule has 5 heteroatoms. The van der Waals surface area contributed by atoms with Crippen LogP contribution in [0, 0.1) is 5.92 Å². The van der Waals surface area contributed by atoms with Gasteiger partial charge < -0.3 is 24.8 Å². The van der Waals surface area contributed by atoms with Crippen molar-refractivity contribution in [3.05, 3.63) is 161 Å². The van der Waals surface area contributed by atoms with Crippen LogP contribution in [0.15, 0.2) is 106 Å². The molecule has 4 aliphatic rings. The van der Waals surface area contributed by atoms with Crippen LogP contribution in [0.3, 0.4) is 0 Å². The minimum Gasteiger partial charge on any atom is -1.00 e. The topological polar surface area (TPSA) is 0 Å². The molecule has 0 bridgehead atoms. The molecule has 0 saturated carbocycles. The Labute approximate surface area is 328 Å². The molecule has 0 heterocycles. The summed E-state index contributed by atoms with van der Waals surface area (Å²) in [6, 6.07) is 27.5. The van der Waals surface area contributed by atoms with E-state index in [2.05, 4.69) is 140 Å². The maximum absolute atomic E-state index is 6.81. The molecule has 4 aromatic rings. The number of hydrogen-bond donors (Lipinski definition) is 0. The zero-order valence-corrected chi connectivity index (χ0v) is 35.4. The number of hydrogen-bond acceptors (Lipinski definition) is 0. The maximum Gasteiger partial charge on any atom is -1.00 e. The second-order valence-electron chi connectivity index (χ2n) is 15.6. The molecule has 50 heavy (non-hydrogen) atoms. The standard InChI is InChI=1S/C25H25.C13H8Cl2.C7H9.2ClH.Zr/c1-14-12-24(3,4)22-8-16-7-17-9-23-19(15(2)13-25(23,5)6)11-21(17)20(16)10-18(14)22;14-12-5-1-3-10(8-12)7-11-4-2-6-13(15)9-11;1-6-3-4-7(2)5-6;;;/h7-13H,1-6H3;1-6,8-9H;3,5,7H,1-2H3;2*1H;/q;;;;;+2/p-2. The molecule has 0 aliphatic heterocycles. The minimum absolute atomic E-state index is 0. The van der Waals surface area contributed by atoms with Gasteiger partial charge in [-0.2, -0.15) is 0 Å². The average molecular weight is 816 g/mol. The Bertz CT molecular complexity index is 2130. The van der Waals surface area contributed by atoms with Crippen molar-refractivity contribution in [1.82, 2.24) is 0 Å². The van der Waals surface area contributed by atoms with Crippen LogP contribution >= 0.6 is 23.2 Å². The van der Waals surface area contributed by atoms with E-state index in [0.29, 0.717) is 9.54 Å². The fraction of sp³-hybridized carbons (Fsp3) is 0.267. The van der Waals surface area contributed by atoms with E-state index in [0.717, 1.165) is 10.0 Å². The van der Waals surface area contributed by atoms with Gasteiger partial charge in [0.1, 0.15) is 0 Å². The van der Waals surface area contributed by atoms with Crippen LogP contribution in [0.25, 0.3) is 22.3 Å². The molecule has 0 fully saturated rings. The molecule has 0 aromatic heterocycles. The zero-order valence-electron chi connectivity index (χ0n) is 29.9. The normalized spacial score (nSPS) is 18.6. The molecule has 4 aromatic carbocycles. The summed E-state index contributed by atoms with van der Waals surface area (Å²) in [5.74, 6) is 0.379. The molecule has 254 valence electrons. The first kappa shape index (κ1) is 37.5. The van der Waals surface area contributed by atoms with Crippen LogP contribution in [0.5, 0.6) is 0 Å². The van der Waals surface area contributed by atoms with Crippen molar-refractivity contribution in [1.29, 1.82) is 0 Å². The molecule has 0 amide bonds. The summed E-state index contributed by atoms with van der Waals surface area (Å²) in [7, 11) is 0. The van der Waals surface area contributed by atoms with E-state index in [4.69, 9.17) is 23.2 Å². The summed E-state index contributed by atoms with van der Waals surface area (Å²) in [6.45, 7) is 18.8. The average Bonchev–Trinajstić information content (AvgIpc) is 3.66. The molecule has 0 nitrogen and oxygen atoms in total. The number of halogens is 4. The molecule has 8 rings (SSSR count). The SMILES string of the molecule is CC1=CC(C)[C]([Zr+2](=[C](c2cccc(Cl)c2)c2cccc(Cl)c2)[CH]2c3cc4c(cc3-c3cc5c(cc32)C(C)(C)C=C5C)C(C)=CC4(C)C)=C1.[Cl-].[Cl-]. The second-order valence-corrected chi connectivity index (χ2v) is 22.6. The van der Waals surface area contributed by atoms with Crippen LogP contribution in [0.2, 0.25) is 10.0 Å². The van der Waals surface area contributed by atoms with Crippen LogP contribution in [-0.4, -0.2) is 3.21 Å². The minimum atomic E-state index is -3.01. The molecule has 0 N–H and O–H groups in total. The first-order chi connectivity index (χ1) is 22.7. The zero-order chi connectivity index (χ0) is 33.9. The van der Waals surface area contributed by atoms with Crippen LogP contribution in [0.1, 0.15) is 104 Å². The fourth-order valence-electron chi connectivity index (χ4n) is 9.22. The molecule has 1 unspecified atom stereocenters. The fourth-order valence-corrected chi connectivity index (χ4v) is 19.2. The van der Waals surface area contributed by atoms with Gasteiger partial charge in [-0.3, -0.25) is 0 Å². The summed E-state index contributed by atoms with van der Waals surface area (Å²) < 4.78 is 3.40. The van der Waals surface area contributed by atoms with Crippen molar-refractivity contribution in [2.75, 3.05) is 0 Å². The third-order valence-corrected chi connectivity index (χ3v) is 20.3. The Balaban J connectivity index is 0.00000216. The van der Waals surface area contributed by atoms with Crippen LogP contribution < -0.4 is 24.8 Å². The summed E-state index contributed by atoms with van der Waals surface area (Å²) in [4.78, 5) is 0. The molecule has 0 saturated heterocycles. The van der Waals surface area contributed by atoms with Gasteiger partial charge in [-0.15, -0.1) is 0 Å². The van der Waals surface area contributed by atoms with Gasteiger partial charge >= 0.3 is 306 Å². The number of allylic oxidation sites excluding steroid dienone is 8. The Hall–Kier alpha value is -2.25. The van der Waals surface area contributed by atoms with Crippen molar-refractivity contribution >= 4 is 37.6 Å². The van der Waals surface area contributed by atoms with Crippen LogP contribution in [0.4, 0.5) is 0 Å². The first-order valence-corrected chi connectivity index (χ1v) is 21.8. The second kappa shape index (κ2) is 13.3. The first-order valence-electron chi connectivity index (χ1n) is 17.2. The predicted octanol–water partition coefficient (Wildman–Crippen LogP) is 6.83. The Morgan fingerprint density at radius 2 is 1.10 bits per heavy atom. The predicted molar refractivity (Wildman–Crippen MR) is 204 cm³/mol. The summed E-state index contributed by atoms with van der Waals surface area (Å²) in [6.07, 6.45) is 9.94.